The zero-order valence-corrected chi connectivity index (χ0v) is 8.89. The molecule has 0 spiro atoms. The topological polar surface area (TPSA) is 33.3 Å². The normalized spacial score (nSPS) is 44.8. The second-order valence-corrected chi connectivity index (χ2v) is 4.36. The molecule has 2 N–H and O–H groups in total. The lowest BCUT2D eigenvalue weighted by atomic mass is 9.89. The lowest BCUT2D eigenvalue weighted by Crippen LogP contribution is -2.42. The van der Waals surface area contributed by atoms with Gasteiger partial charge in [-0.15, -0.1) is 12.6 Å². The Morgan fingerprint density at radius 1 is 1.31 bits per heavy atom. The smallest absolute Gasteiger partial charge is 0.103 e. The highest BCUT2D eigenvalue weighted by molar-refractivity contribution is 7.80. The summed E-state index contributed by atoms with van der Waals surface area (Å²) in [4.78, 5) is 0. The Kier molecular flexibility index (Phi) is 3.14. The van der Waals surface area contributed by atoms with Crippen LogP contribution < -0.4 is 10.6 Å². The molecule has 4 unspecified atom stereocenters. The van der Waals surface area contributed by atoms with Crippen molar-refractivity contribution >= 4 is 12.6 Å². The van der Waals surface area contributed by atoms with Crippen LogP contribution in [-0.4, -0.2) is 30.3 Å². The van der Waals surface area contributed by atoms with Gasteiger partial charge in [-0.2, -0.15) is 0 Å². The van der Waals surface area contributed by atoms with Crippen molar-refractivity contribution in [1.29, 1.82) is 0 Å². The van der Waals surface area contributed by atoms with E-state index in [1.54, 1.807) is 0 Å². The summed E-state index contributed by atoms with van der Waals surface area (Å²) in [7, 11) is 0. The molecule has 0 aromatic heterocycles. The summed E-state index contributed by atoms with van der Waals surface area (Å²) >= 11 is 4.37. The third kappa shape index (κ3) is 2.18. The Hall–Kier alpha value is 0.230. The molecule has 0 aromatic rings. The third-order valence-electron chi connectivity index (χ3n) is 2.95. The molecule has 0 bridgehead atoms. The maximum atomic E-state index is 5.63. The van der Waals surface area contributed by atoms with Crippen molar-refractivity contribution in [3.63, 3.8) is 0 Å². The minimum Gasteiger partial charge on any atom is -0.378 e. The SMILES string of the molecule is CCOC1CCC2NC(S)NC2C1. The summed E-state index contributed by atoms with van der Waals surface area (Å²) in [5, 5.41) is 6.83. The molecule has 0 aromatic carbocycles. The van der Waals surface area contributed by atoms with E-state index in [9.17, 15) is 0 Å². The van der Waals surface area contributed by atoms with Crippen molar-refractivity contribution in [2.75, 3.05) is 6.61 Å². The molecule has 4 heteroatoms. The van der Waals surface area contributed by atoms with E-state index in [-0.39, 0.29) is 5.50 Å². The molecule has 2 aliphatic rings. The second kappa shape index (κ2) is 4.17. The number of hydrogen-bond donors (Lipinski definition) is 3. The molecular weight excluding hydrogens is 184 g/mol. The van der Waals surface area contributed by atoms with Crippen LogP contribution >= 0.6 is 12.6 Å². The average Bonchev–Trinajstić information content (AvgIpc) is 2.44. The summed E-state index contributed by atoms with van der Waals surface area (Å²) in [5.41, 5.74) is 0.176. The predicted octanol–water partition coefficient (Wildman–Crippen LogP) is 0.719. The van der Waals surface area contributed by atoms with E-state index >= 15 is 0 Å². The van der Waals surface area contributed by atoms with Crippen LogP contribution in [0.2, 0.25) is 0 Å². The van der Waals surface area contributed by atoms with Gasteiger partial charge in [0, 0.05) is 18.7 Å². The van der Waals surface area contributed by atoms with Crippen LogP contribution in [0.1, 0.15) is 26.2 Å². The van der Waals surface area contributed by atoms with Gasteiger partial charge in [0.25, 0.3) is 0 Å². The molecule has 1 saturated heterocycles. The Balaban J connectivity index is 1.86. The molecule has 2 fully saturated rings. The molecule has 0 amide bonds. The summed E-state index contributed by atoms with van der Waals surface area (Å²) in [6, 6.07) is 1.17. The minimum atomic E-state index is 0.176. The van der Waals surface area contributed by atoms with Gasteiger partial charge in [-0.25, -0.2) is 0 Å². The zero-order valence-electron chi connectivity index (χ0n) is 7.99. The fourth-order valence-corrected chi connectivity index (χ4v) is 2.74. The van der Waals surface area contributed by atoms with Gasteiger partial charge in [0.15, 0.2) is 0 Å². The third-order valence-corrected chi connectivity index (χ3v) is 3.25. The first kappa shape index (κ1) is 9.77. The summed E-state index contributed by atoms with van der Waals surface area (Å²) in [5.74, 6) is 0. The molecular formula is C9H18N2OS. The number of thiol groups is 1. The first-order valence-corrected chi connectivity index (χ1v) is 5.63. The van der Waals surface area contributed by atoms with Crippen LogP contribution in [0, 0.1) is 0 Å². The molecule has 13 heavy (non-hydrogen) atoms. The molecule has 0 radical (unpaired) electrons. The quantitative estimate of drug-likeness (QED) is 0.577. The van der Waals surface area contributed by atoms with Gasteiger partial charge < -0.3 is 4.74 Å². The van der Waals surface area contributed by atoms with Crippen molar-refractivity contribution in [1.82, 2.24) is 10.6 Å². The van der Waals surface area contributed by atoms with E-state index in [2.05, 4.69) is 30.2 Å². The van der Waals surface area contributed by atoms with Crippen LogP contribution in [0.25, 0.3) is 0 Å². The first-order valence-electron chi connectivity index (χ1n) is 5.11. The highest BCUT2D eigenvalue weighted by Crippen LogP contribution is 2.25. The monoisotopic (exact) mass is 202 g/mol. The molecule has 76 valence electrons. The fraction of sp³-hybridized carbons (Fsp3) is 1.00. The Bertz CT molecular complexity index is 179. The molecule has 1 heterocycles. The molecule has 4 atom stereocenters. The van der Waals surface area contributed by atoms with Gasteiger partial charge >= 0.3 is 0 Å². The molecule has 1 aliphatic heterocycles. The van der Waals surface area contributed by atoms with Crippen molar-refractivity contribution in [2.45, 2.75) is 49.9 Å². The van der Waals surface area contributed by atoms with Crippen molar-refractivity contribution in [3.05, 3.63) is 0 Å². The number of hydrogen-bond acceptors (Lipinski definition) is 4. The highest BCUT2D eigenvalue weighted by atomic mass is 32.1. The van der Waals surface area contributed by atoms with E-state index in [0.29, 0.717) is 18.2 Å². The minimum absolute atomic E-state index is 0.176. The van der Waals surface area contributed by atoms with Crippen LogP contribution in [0.15, 0.2) is 0 Å². The number of rotatable bonds is 2. The molecule has 1 aliphatic carbocycles. The number of fused-ring (bicyclic) bond motifs is 1. The van der Waals surface area contributed by atoms with E-state index in [4.69, 9.17) is 4.74 Å². The van der Waals surface area contributed by atoms with E-state index in [1.165, 1.54) is 12.8 Å². The summed E-state index contributed by atoms with van der Waals surface area (Å²) < 4.78 is 5.63. The largest absolute Gasteiger partial charge is 0.378 e. The van der Waals surface area contributed by atoms with E-state index in [1.807, 2.05) is 0 Å². The summed E-state index contributed by atoms with van der Waals surface area (Å²) in [6.45, 7) is 2.90. The Labute approximate surface area is 85.0 Å². The fourth-order valence-electron chi connectivity index (χ4n) is 2.36. The van der Waals surface area contributed by atoms with Crippen LogP contribution in [0.3, 0.4) is 0 Å². The number of ether oxygens (including phenoxy) is 1. The van der Waals surface area contributed by atoms with Crippen molar-refractivity contribution in [3.8, 4) is 0 Å². The Morgan fingerprint density at radius 3 is 2.85 bits per heavy atom. The average molecular weight is 202 g/mol. The van der Waals surface area contributed by atoms with Crippen molar-refractivity contribution < 1.29 is 4.74 Å². The van der Waals surface area contributed by atoms with Gasteiger partial charge in [-0.05, 0) is 26.2 Å². The predicted molar refractivity (Wildman–Crippen MR) is 55.9 cm³/mol. The Morgan fingerprint density at radius 2 is 2.08 bits per heavy atom. The summed E-state index contributed by atoms with van der Waals surface area (Å²) in [6.07, 6.45) is 3.98. The van der Waals surface area contributed by atoms with Crippen LogP contribution in [0.4, 0.5) is 0 Å². The number of nitrogens with one attached hydrogen (secondary N) is 2. The van der Waals surface area contributed by atoms with Crippen LogP contribution in [0.5, 0.6) is 0 Å². The first-order chi connectivity index (χ1) is 6.29. The lowest BCUT2D eigenvalue weighted by molar-refractivity contribution is 0.0264. The lowest BCUT2D eigenvalue weighted by Gasteiger charge is -2.30. The second-order valence-electron chi connectivity index (χ2n) is 3.84. The molecule has 1 saturated carbocycles. The van der Waals surface area contributed by atoms with E-state index < -0.39 is 0 Å². The van der Waals surface area contributed by atoms with Gasteiger partial charge in [0.1, 0.15) is 5.50 Å². The maximum absolute atomic E-state index is 5.63. The zero-order chi connectivity index (χ0) is 9.26. The highest BCUT2D eigenvalue weighted by Gasteiger charge is 2.36. The van der Waals surface area contributed by atoms with Gasteiger partial charge in [0.05, 0.1) is 6.10 Å². The van der Waals surface area contributed by atoms with Crippen molar-refractivity contribution in [2.24, 2.45) is 0 Å². The van der Waals surface area contributed by atoms with Crippen LogP contribution in [-0.2, 0) is 4.74 Å². The maximum Gasteiger partial charge on any atom is 0.103 e. The van der Waals surface area contributed by atoms with Gasteiger partial charge in [-0.1, -0.05) is 0 Å². The van der Waals surface area contributed by atoms with Gasteiger partial charge in [-0.3, -0.25) is 10.6 Å². The standard InChI is InChI=1S/C9H18N2OS/c1-2-12-6-3-4-7-8(5-6)11-9(13)10-7/h6-11,13H,2-5H2,1H3. The molecule has 3 nitrogen and oxygen atoms in total. The van der Waals surface area contributed by atoms with Gasteiger partial charge in [0.2, 0.25) is 0 Å². The molecule has 2 rings (SSSR count). The van der Waals surface area contributed by atoms with E-state index in [0.717, 1.165) is 13.0 Å².